The summed E-state index contributed by atoms with van der Waals surface area (Å²) >= 11 is 0. The van der Waals surface area contributed by atoms with Crippen molar-refractivity contribution < 1.29 is 0 Å². The zero-order valence-corrected chi connectivity index (χ0v) is 24.7. The Hall–Kier alpha value is -0.780. The molecule has 0 aliphatic heterocycles. The molecule has 0 nitrogen and oxygen atoms in total. The molecule has 1 aromatic carbocycles. The second-order valence-electron chi connectivity index (χ2n) is 13.8. The molecule has 0 bridgehead atoms. The highest BCUT2D eigenvalue weighted by atomic mass is 14.4. The lowest BCUT2D eigenvalue weighted by Crippen LogP contribution is -2.29. The maximum absolute atomic E-state index is 2.63. The third kappa shape index (κ3) is 7.63. The van der Waals surface area contributed by atoms with E-state index in [4.69, 9.17) is 0 Å². The summed E-state index contributed by atoms with van der Waals surface area (Å²) in [5.74, 6) is 7.51. The van der Waals surface area contributed by atoms with Gasteiger partial charge < -0.3 is 0 Å². The Morgan fingerprint density at radius 3 is 1.69 bits per heavy atom. The maximum atomic E-state index is 2.63. The highest BCUT2D eigenvalue weighted by molar-refractivity contribution is 5.28. The molecule has 3 aliphatic rings. The fourth-order valence-corrected chi connectivity index (χ4v) is 8.78. The first-order chi connectivity index (χ1) is 17.6. The van der Waals surface area contributed by atoms with E-state index >= 15 is 0 Å². The molecule has 0 N–H and O–H groups in total. The van der Waals surface area contributed by atoms with Gasteiger partial charge in [0.2, 0.25) is 0 Å². The molecule has 36 heavy (non-hydrogen) atoms. The van der Waals surface area contributed by atoms with Crippen LogP contribution in [-0.2, 0) is 0 Å². The molecule has 0 heterocycles. The summed E-state index contributed by atoms with van der Waals surface area (Å²) in [7, 11) is 0. The molecule has 204 valence electrons. The first-order valence-corrected chi connectivity index (χ1v) is 16.7. The van der Waals surface area contributed by atoms with Crippen molar-refractivity contribution in [2.24, 2.45) is 35.5 Å². The maximum Gasteiger partial charge on any atom is -0.0162 e. The van der Waals surface area contributed by atoms with E-state index in [2.05, 4.69) is 52.0 Å². The molecule has 0 aromatic heterocycles. The van der Waals surface area contributed by atoms with Gasteiger partial charge in [-0.2, -0.15) is 0 Å². The minimum absolute atomic E-state index is 0.731. The van der Waals surface area contributed by atoms with Gasteiger partial charge in [0.15, 0.2) is 0 Å². The lowest BCUT2D eigenvalue weighted by Gasteiger charge is -2.40. The number of hydrogen-bond acceptors (Lipinski definition) is 0. The summed E-state index contributed by atoms with van der Waals surface area (Å²) in [5, 5.41) is 0. The summed E-state index contributed by atoms with van der Waals surface area (Å²) in [6, 6.07) is 10.0. The second-order valence-corrected chi connectivity index (χ2v) is 13.8. The summed E-state index contributed by atoms with van der Waals surface area (Å²) in [5.41, 5.74) is 3.23. The van der Waals surface area contributed by atoms with Gasteiger partial charge in [0.1, 0.15) is 0 Å². The van der Waals surface area contributed by atoms with Crippen LogP contribution in [-0.4, -0.2) is 0 Å². The molecule has 0 amide bonds. The van der Waals surface area contributed by atoms with Crippen LogP contribution in [0.15, 0.2) is 24.3 Å². The van der Waals surface area contributed by atoms with Crippen LogP contribution in [0.3, 0.4) is 0 Å². The molecule has 3 saturated carbocycles. The SMILES string of the molecule is CCCCCC1CCC(C(C)C2CCC(C(C)c3ccc([C@H]4CC[C@H](CCC)CC4)cc3)CC2)CC1. The quantitative estimate of drug-likeness (QED) is 0.269. The first kappa shape index (κ1) is 28.2. The third-order valence-corrected chi connectivity index (χ3v) is 11.6. The Morgan fingerprint density at radius 2 is 1.11 bits per heavy atom. The van der Waals surface area contributed by atoms with Gasteiger partial charge in [-0.15, -0.1) is 0 Å². The Morgan fingerprint density at radius 1 is 0.583 bits per heavy atom. The van der Waals surface area contributed by atoms with E-state index in [1.807, 2.05) is 0 Å². The lowest BCUT2D eigenvalue weighted by molar-refractivity contribution is 0.118. The average molecular weight is 493 g/mol. The van der Waals surface area contributed by atoms with Crippen LogP contribution in [0.1, 0.15) is 166 Å². The van der Waals surface area contributed by atoms with E-state index < -0.39 is 0 Å². The van der Waals surface area contributed by atoms with Gasteiger partial charge in [-0.3, -0.25) is 0 Å². The molecular formula is C36H60. The molecule has 0 heteroatoms. The van der Waals surface area contributed by atoms with Crippen molar-refractivity contribution >= 4 is 0 Å². The van der Waals surface area contributed by atoms with Crippen molar-refractivity contribution in [3.63, 3.8) is 0 Å². The van der Waals surface area contributed by atoms with E-state index in [0.717, 1.165) is 47.3 Å². The van der Waals surface area contributed by atoms with E-state index in [0.29, 0.717) is 0 Å². The Kier molecular flexibility index (Phi) is 11.3. The number of rotatable bonds is 11. The largest absolute Gasteiger partial charge is 0.0654 e. The molecule has 0 saturated heterocycles. The topological polar surface area (TPSA) is 0 Å². The highest BCUT2D eigenvalue weighted by Crippen LogP contribution is 2.46. The van der Waals surface area contributed by atoms with Crippen molar-refractivity contribution in [3.05, 3.63) is 35.4 Å². The number of benzene rings is 1. The summed E-state index contributed by atoms with van der Waals surface area (Å²) in [6.07, 6.45) is 26.4. The van der Waals surface area contributed by atoms with Crippen molar-refractivity contribution in [1.29, 1.82) is 0 Å². The minimum Gasteiger partial charge on any atom is -0.0654 e. The van der Waals surface area contributed by atoms with Gasteiger partial charge in [-0.1, -0.05) is 103 Å². The Balaban J connectivity index is 1.19. The van der Waals surface area contributed by atoms with Gasteiger partial charge in [-0.05, 0) is 123 Å². The zero-order valence-electron chi connectivity index (χ0n) is 24.7. The van der Waals surface area contributed by atoms with Crippen LogP contribution < -0.4 is 0 Å². The van der Waals surface area contributed by atoms with Crippen LogP contribution in [0, 0.1) is 35.5 Å². The standard InChI is InChI=1S/C36H60/c1-5-7-8-10-30-11-15-31(16-12-30)27(3)32-19-21-33(22-20-32)28(4)34-23-25-36(26-24-34)35-17-13-29(9-6-2)14-18-35/h23-33,35H,5-22H2,1-4H3/t27?,28?,29-,30?,31?,32?,33?,35-. The molecule has 0 spiro atoms. The van der Waals surface area contributed by atoms with Crippen LogP contribution in [0.25, 0.3) is 0 Å². The minimum atomic E-state index is 0.731. The highest BCUT2D eigenvalue weighted by Gasteiger charge is 2.33. The van der Waals surface area contributed by atoms with Crippen molar-refractivity contribution in [2.75, 3.05) is 0 Å². The first-order valence-electron chi connectivity index (χ1n) is 16.7. The molecule has 1 aromatic rings. The molecule has 0 radical (unpaired) electrons. The summed E-state index contributed by atoms with van der Waals surface area (Å²) in [6.45, 7) is 9.84. The van der Waals surface area contributed by atoms with Gasteiger partial charge >= 0.3 is 0 Å². The van der Waals surface area contributed by atoms with Crippen molar-refractivity contribution in [2.45, 2.75) is 155 Å². The molecule has 2 atom stereocenters. The fourth-order valence-electron chi connectivity index (χ4n) is 8.78. The van der Waals surface area contributed by atoms with Crippen LogP contribution in [0.2, 0.25) is 0 Å². The number of unbranched alkanes of at least 4 members (excludes halogenated alkanes) is 2. The smallest absolute Gasteiger partial charge is 0.0162 e. The molecule has 3 aliphatic carbocycles. The predicted molar refractivity (Wildman–Crippen MR) is 159 cm³/mol. The van der Waals surface area contributed by atoms with Gasteiger partial charge in [0, 0.05) is 0 Å². The zero-order chi connectivity index (χ0) is 25.3. The monoisotopic (exact) mass is 492 g/mol. The molecule has 2 unspecified atom stereocenters. The van der Waals surface area contributed by atoms with E-state index in [1.165, 1.54) is 116 Å². The van der Waals surface area contributed by atoms with E-state index in [1.54, 1.807) is 11.1 Å². The Bertz CT molecular complexity index is 707. The van der Waals surface area contributed by atoms with Gasteiger partial charge in [0.05, 0.1) is 0 Å². The average Bonchev–Trinajstić information content (AvgIpc) is 2.94. The molecule has 4 rings (SSSR count). The summed E-state index contributed by atoms with van der Waals surface area (Å²) in [4.78, 5) is 0. The van der Waals surface area contributed by atoms with E-state index in [9.17, 15) is 0 Å². The van der Waals surface area contributed by atoms with Crippen LogP contribution in [0.4, 0.5) is 0 Å². The normalized spacial score (nSPS) is 33.2. The predicted octanol–water partition coefficient (Wildman–Crippen LogP) is 11.7. The van der Waals surface area contributed by atoms with Gasteiger partial charge in [0.25, 0.3) is 0 Å². The lowest BCUT2D eigenvalue weighted by atomic mass is 9.65. The van der Waals surface area contributed by atoms with Crippen LogP contribution in [0.5, 0.6) is 0 Å². The second kappa shape index (κ2) is 14.4. The van der Waals surface area contributed by atoms with Crippen molar-refractivity contribution in [3.8, 4) is 0 Å². The number of hydrogen-bond donors (Lipinski definition) is 0. The summed E-state index contributed by atoms with van der Waals surface area (Å²) < 4.78 is 0. The Labute approximate surface area is 225 Å². The molecular weight excluding hydrogens is 432 g/mol. The third-order valence-electron chi connectivity index (χ3n) is 11.6. The van der Waals surface area contributed by atoms with Crippen molar-refractivity contribution in [1.82, 2.24) is 0 Å². The van der Waals surface area contributed by atoms with E-state index in [-0.39, 0.29) is 0 Å². The van der Waals surface area contributed by atoms with Crippen LogP contribution >= 0.6 is 0 Å². The van der Waals surface area contributed by atoms with Gasteiger partial charge in [-0.25, -0.2) is 0 Å². The fraction of sp³-hybridized carbons (Fsp3) is 0.833. The molecule has 3 fully saturated rings.